The number of aromatic nitrogens is 4. The summed E-state index contributed by atoms with van der Waals surface area (Å²) < 4.78 is 29.4. The number of nitrogens with zero attached hydrogens (tertiary/aromatic N) is 4. The molecule has 0 saturated heterocycles. The number of aryl methyl sites for hydroxylation is 1. The van der Waals surface area contributed by atoms with E-state index in [-0.39, 0.29) is 23.7 Å². The molecule has 11 heteroatoms. The molecule has 0 fully saturated rings. The van der Waals surface area contributed by atoms with Gasteiger partial charge in [-0.3, -0.25) is 13.8 Å². The molecule has 0 radical (unpaired) electrons. The van der Waals surface area contributed by atoms with E-state index in [9.17, 15) is 14.0 Å². The second-order valence-electron chi connectivity index (χ2n) is 6.78. The second-order valence-corrected chi connectivity index (χ2v) is 8.75. The van der Waals surface area contributed by atoms with E-state index < -0.39 is 11.8 Å². The molecule has 158 valence electrons. The van der Waals surface area contributed by atoms with Crippen molar-refractivity contribution in [3.05, 3.63) is 62.1 Å². The number of thiophene rings is 2. The van der Waals surface area contributed by atoms with Crippen LogP contribution in [0.4, 0.5) is 4.39 Å². The zero-order valence-electron chi connectivity index (χ0n) is 16.4. The highest BCUT2D eigenvalue weighted by molar-refractivity contribution is 7.21. The van der Waals surface area contributed by atoms with Crippen molar-refractivity contribution in [3.63, 3.8) is 0 Å². The number of carbonyl (C=O) groups is 1. The number of hydrogen-bond donors (Lipinski definition) is 0. The number of esters is 1. The van der Waals surface area contributed by atoms with Crippen molar-refractivity contribution in [2.75, 3.05) is 7.11 Å². The van der Waals surface area contributed by atoms with Crippen molar-refractivity contribution in [2.24, 2.45) is 7.05 Å². The summed E-state index contributed by atoms with van der Waals surface area (Å²) in [6.45, 7) is -0.0802. The minimum Gasteiger partial charge on any atom is -0.453 e. The molecule has 0 saturated carbocycles. The Labute approximate surface area is 182 Å². The van der Waals surface area contributed by atoms with Gasteiger partial charge in [0.05, 0.1) is 12.1 Å². The van der Waals surface area contributed by atoms with Crippen molar-refractivity contribution in [3.8, 4) is 0 Å². The minimum atomic E-state index is -0.601. The lowest BCUT2D eigenvalue weighted by Gasteiger charge is -2.07. The van der Waals surface area contributed by atoms with Crippen LogP contribution in [-0.2, 0) is 29.7 Å². The lowest BCUT2D eigenvalue weighted by Crippen LogP contribution is -2.19. The Kier molecular flexibility index (Phi) is 4.80. The molecule has 4 aromatic heterocycles. The number of fused-ring (bicyclic) bond motifs is 4. The van der Waals surface area contributed by atoms with Crippen molar-refractivity contribution < 1.29 is 18.7 Å². The maximum atomic E-state index is 14.4. The van der Waals surface area contributed by atoms with Crippen molar-refractivity contribution in [1.82, 2.24) is 19.2 Å². The van der Waals surface area contributed by atoms with E-state index in [4.69, 9.17) is 9.47 Å². The van der Waals surface area contributed by atoms with E-state index in [1.807, 2.05) is 5.38 Å². The van der Waals surface area contributed by atoms with E-state index in [1.54, 1.807) is 29.6 Å². The molecule has 0 amide bonds. The molecule has 0 aliphatic heterocycles. The number of carbonyl (C=O) groups excluding carboxylic acids is 1. The topological polar surface area (TPSA) is 87.7 Å². The Morgan fingerprint density at radius 2 is 2.06 bits per heavy atom. The summed E-state index contributed by atoms with van der Waals surface area (Å²) in [5.74, 6) is -0.284. The predicted molar refractivity (Wildman–Crippen MR) is 115 cm³/mol. The summed E-state index contributed by atoms with van der Waals surface area (Å²) in [6.07, 6.45) is 0. The number of ether oxygens (including phenoxy) is 2. The first kappa shape index (κ1) is 19.8. The molecule has 1 aromatic carbocycles. The molecule has 0 aliphatic carbocycles. The summed E-state index contributed by atoms with van der Waals surface area (Å²) in [6, 6.07) is 6.49. The van der Waals surface area contributed by atoms with E-state index in [0.29, 0.717) is 37.5 Å². The third-order valence-electron chi connectivity index (χ3n) is 4.97. The van der Waals surface area contributed by atoms with E-state index in [1.165, 1.54) is 29.1 Å². The molecule has 0 spiro atoms. The second kappa shape index (κ2) is 7.52. The van der Waals surface area contributed by atoms with Gasteiger partial charge >= 0.3 is 5.97 Å². The number of methoxy groups -OCH3 is 1. The Hall–Kier alpha value is -3.15. The summed E-state index contributed by atoms with van der Waals surface area (Å²) >= 11 is 2.48. The normalized spacial score (nSPS) is 11.7. The zero-order chi connectivity index (χ0) is 21.7. The molecule has 0 atom stereocenters. The Morgan fingerprint density at radius 1 is 1.23 bits per heavy atom. The van der Waals surface area contributed by atoms with Crippen LogP contribution in [0.2, 0.25) is 0 Å². The molecule has 8 nitrogen and oxygen atoms in total. The van der Waals surface area contributed by atoms with E-state index in [0.717, 1.165) is 11.3 Å². The molecule has 0 aliphatic rings. The van der Waals surface area contributed by atoms with Gasteiger partial charge in [-0.15, -0.1) is 32.9 Å². The third kappa shape index (κ3) is 3.04. The van der Waals surface area contributed by atoms with Gasteiger partial charge in [-0.1, -0.05) is 6.07 Å². The fraction of sp³-hybridized carbons (Fsp3) is 0.200. The van der Waals surface area contributed by atoms with Crippen LogP contribution in [0.3, 0.4) is 0 Å². The smallest absolute Gasteiger partial charge is 0.349 e. The van der Waals surface area contributed by atoms with Gasteiger partial charge in [0.2, 0.25) is 5.78 Å². The average molecular weight is 458 g/mol. The summed E-state index contributed by atoms with van der Waals surface area (Å²) in [5.41, 5.74) is 0.951. The first-order valence-corrected chi connectivity index (χ1v) is 10.9. The first-order valence-electron chi connectivity index (χ1n) is 9.17. The maximum Gasteiger partial charge on any atom is 0.349 e. The van der Waals surface area contributed by atoms with Gasteiger partial charge in [-0.25, -0.2) is 9.18 Å². The third-order valence-corrected chi connectivity index (χ3v) is 7.04. The summed E-state index contributed by atoms with van der Waals surface area (Å²) in [5, 5.41) is 10.4. The minimum absolute atomic E-state index is 0.0802. The van der Waals surface area contributed by atoms with Crippen LogP contribution in [0, 0.1) is 5.82 Å². The Balaban J connectivity index is 1.52. The highest BCUT2D eigenvalue weighted by Crippen LogP contribution is 2.34. The van der Waals surface area contributed by atoms with Crippen LogP contribution in [0.25, 0.3) is 26.1 Å². The van der Waals surface area contributed by atoms with Crippen LogP contribution in [0.1, 0.15) is 21.1 Å². The Bertz CT molecular complexity index is 1530. The molecule has 5 aromatic rings. The molecular formula is C20H15FN4O4S2. The zero-order valence-corrected chi connectivity index (χ0v) is 18.1. The highest BCUT2D eigenvalue weighted by Gasteiger charge is 2.23. The molecule has 5 rings (SSSR count). The number of benzene rings is 1. The van der Waals surface area contributed by atoms with Gasteiger partial charge in [-0.2, -0.15) is 0 Å². The number of hydrogen-bond acceptors (Lipinski definition) is 8. The molecule has 31 heavy (non-hydrogen) atoms. The largest absolute Gasteiger partial charge is 0.453 e. The van der Waals surface area contributed by atoms with Crippen molar-refractivity contribution >= 4 is 54.7 Å². The number of halogens is 1. The molecule has 0 bridgehead atoms. The summed E-state index contributed by atoms with van der Waals surface area (Å²) in [4.78, 5) is 25.6. The van der Waals surface area contributed by atoms with Crippen molar-refractivity contribution in [2.45, 2.75) is 13.2 Å². The monoisotopic (exact) mass is 458 g/mol. The quantitative estimate of drug-likeness (QED) is 0.375. The number of rotatable bonds is 5. The standard InChI is InChI=1S/C20H15FN4O4S2/c1-24-18(26)17-12(6-7-30-17)25-14(22-23-20(24)25)9-29-19(27)16-10(8-28-2)15-11(21)4-3-5-13(15)31-16/h3-7H,8-9H2,1-2H3. The van der Waals surface area contributed by atoms with E-state index >= 15 is 0 Å². The molecule has 0 unspecified atom stereocenters. The van der Waals surface area contributed by atoms with Gasteiger partial charge in [0.15, 0.2) is 12.4 Å². The maximum absolute atomic E-state index is 14.4. The lowest BCUT2D eigenvalue weighted by molar-refractivity contribution is 0.0463. The fourth-order valence-corrected chi connectivity index (χ4v) is 5.52. The van der Waals surface area contributed by atoms with Gasteiger partial charge in [0.1, 0.15) is 15.4 Å². The molecule has 0 N–H and O–H groups in total. The van der Waals surface area contributed by atoms with Gasteiger partial charge in [-0.05, 0) is 23.6 Å². The van der Waals surface area contributed by atoms with Crippen LogP contribution >= 0.6 is 22.7 Å². The fourth-order valence-electron chi connectivity index (χ4n) is 3.56. The van der Waals surface area contributed by atoms with Crippen LogP contribution < -0.4 is 5.56 Å². The highest BCUT2D eigenvalue weighted by atomic mass is 32.1. The van der Waals surface area contributed by atoms with Crippen LogP contribution in [-0.4, -0.2) is 32.2 Å². The van der Waals surface area contributed by atoms with Crippen LogP contribution in [0.15, 0.2) is 34.4 Å². The van der Waals surface area contributed by atoms with Gasteiger partial charge in [0.25, 0.3) is 5.56 Å². The van der Waals surface area contributed by atoms with Crippen molar-refractivity contribution in [1.29, 1.82) is 0 Å². The average Bonchev–Trinajstić information content (AvgIpc) is 3.48. The van der Waals surface area contributed by atoms with Gasteiger partial charge in [0, 0.05) is 29.8 Å². The van der Waals surface area contributed by atoms with Crippen LogP contribution in [0.5, 0.6) is 0 Å². The van der Waals surface area contributed by atoms with Gasteiger partial charge < -0.3 is 9.47 Å². The van der Waals surface area contributed by atoms with E-state index in [2.05, 4.69) is 10.2 Å². The molecule has 4 heterocycles. The molecular weight excluding hydrogens is 443 g/mol. The lowest BCUT2D eigenvalue weighted by atomic mass is 10.1. The summed E-state index contributed by atoms with van der Waals surface area (Å²) in [7, 11) is 3.10. The Morgan fingerprint density at radius 3 is 2.87 bits per heavy atom. The SMILES string of the molecule is COCc1c(C(=O)OCc2nnc3n(C)c(=O)c4sccc4n23)sc2cccc(F)c12. The predicted octanol–water partition coefficient (Wildman–Crippen LogP) is 3.50. The first-order chi connectivity index (χ1) is 15.0.